The summed E-state index contributed by atoms with van der Waals surface area (Å²) in [6, 6.07) is 11.7. The molecule has 100 valence electrons. The molecule has 0 aliphatic rings. The van der Waals surface area contributed by atoms with Crippen LogP contribution in [0.25, 0.3) is 0 Å². The zero-order valence-corrected chi connectivity index (χ0v) is 11.2. The summed E-state index contributed by atoms with van der Waals surface area (Å²) in [5.74, 6) is 1.00. The Balaban J connectivity index is 1.89. The SMILES string of the molecule is CN(C)C(=O)Cc1ccc(NCc2ccco2)cc1. The molecule has 0 radical (unpaired) electrons. The molecule has 0 aliphatic heterocycles. The van der Waals surface area contributed by atoms with E-state index in [2.05, 4.69) is 5.32 Å². The van der Waals surface area contributed by atoms with E-state index in [0.29, 0.717) is 13.0 Å². The van der Waals surface area contributed by atoms with Gasteiger partial charge in [0.25, 0.3) is 0 Å². The van der Waals surface area contributed by atoms with Crippen molar-refractivity contribution in [2.75, 3.05) is 19.4 Å². The monoisotopic (exact) mass is 258 g/mol. The molecule has 1 amide bonds. The van der Waals surface area contributed by atoms with E-state index in [9.17, 15) is 4.79 Å². The molecular weight excluding hydrogens is 240 g/mol. The van der Waals surface area contributed by atoms with Crippen molar-refractivity contribution in [3.05, 3.63) is 54.0 Å². The van der Waals surface area contributed by atoms with Crippen molar-refractivity contribution in [3.8, 4) is 0 Å². The van der Waals surface area contributed by atoms with Gasteiger partial charge in [0.15, 0.2) is 0 Å². The fourth-order valence-corrected chi connectivity index (χ4v) is 1.68. The third-order valence-corrected chi connectivity index (χ3v) is 2.85. The van der Waals surface area contributed by atoms with Crippen molar-refractivity contribution in [3.63, 3.8) is 0 Å². The second-order valence-electron chi connectivity index (χ2n) is 4.59. The third kappa shape index (κ3) is 3.88. The van der Waals surface area contributed by atoms with Crippen molar-refractivity contribution in [1.82, 2.24) is 4.90 Å². The molecule has 1 aromatic heterocycles. The topological polar surface area (TPSA) is 45.5 Å². The second-order valence-corrected chi connectivity index (χ2v) is 4.59. The molecule has 1 heterocycles. The number of hydrogen-bond donors (Lipinski definition) is 1. The van der Waals surface area contributed by atoms with Crippen molar-refractivity contribution >= 4 is 11.6 Å². The summed E-state index contributed by atoms with van der Waals surface area (Å²) in [5, 5.41) is 3.26. The molecule has 0 fully saturated rings. The van der Waals surface area contributed by atoms with Gasteiger partial charge >= 0.3 is 0 Å². The lowest BCUT2D eigenvalue weighted by Crippen LogP contribution is -2.23. The highest BCUT2D eigenvalue weighted by Gasteiger charge is 2.05. The molecule has 1 N–H and O–H groups in total. The van der Waals surface area contributed by atoms with Crippen molar-refractivity contribution < 1.29 is 9.21 Å². The van der Waals surface area contributed by atoms with Gasteiger partial charge in [-0.15, -0.1) is 0 Å². The molecule has 1 aromatic carbocycles. The van der Waals surface area contributed by atoms with Crippen LogP contribution >= 0.6 is 0 Å². The first-order chi connectivity index (χ1) is 9.15. The highest BCUT2D eigenvalue weighted by Crippen LogP contribution is 2.12. The predicted molar refractivity (Wildman–Crippen MR) is 74.9 cm³/mol. The first-order valence-corrected chi connectivity index (χ1v) is 6.20. The number of anilines is 1. The molecular formula is C15H18N2O2. The number of rotatable bonds is 5. The summed E-state index contributed by atoms with van der Waals surface area (Å²) >= 11 is 0. The molecule has 2 aromatic rings. The number of hydrogen-bond acceptors (Lipinski definition) is 3. The van der Waals surface area contributed by atoms with Gasteiger partial charge in [0, 0.05) is 19.8 Å². The number of carbonyl (C=O) groups is 1. The van der Waals surface area contributed by atoms with Gasteiger partial charge in [-0.1, -0.05) is 12.1 Å². The lowest BCUT2D eigenvalue weighted by molar-refractivity contribution is -0.127. The lowest BCUT2D eigenvalue weighted by Gasteiger charge is -2.10. The molecule has 4 nitrogen and oxygen atoms in total. The third-order valence-electron chi connectivity index (χ3n) is 2.85. The van der Waals surface area contributed by atoms with Crippen LogP contribution in [0.5, 0.6) is 0 Å². The molecule has 0 aliphatic carbocycles. The number of nitrogens with zero attached hydrogens (tertiary/aromatic N) is 1. The average Bonchev–Trinajstić information content (AvgIpc) is 2.91. The highest BCUT2D eigenvalue weighted by atomic mass is 16.3. The Kier molecular flexibility index (Phi) is 4.23. The maximum absolute atomic E-state index is 11.6. The number of benzene rings is 1. The van der Waals surface area contributed by atoms with Crippen LogP contribution < -0.4 is 5.32 Å². The van der Waals surface area contributed by atoms with Crippen LogP contribution in [-0.2, 0) is 17.8 Å². The maximum atomic E-state index is 11.6. The van der Waals surface area contributed by atoms with Gasteiger partial charge in [-0.25, -0.2) is 0 Å². The van der Waals surface area contributed by atoms with Gasteiger partial charge in [0.1, 0.15) is 5.76 Å². The quantitative estimate of drug-likeness (QED) is 0.896. The summed E-state index contributed by atoms with van der Waals surface area (Å²) in [6.07, 6.45) is 2.10. The largest absolute Gasteiger partial charge is 0.467 e. The Morgan fingerprint density at radius 2 is 1.95 bits per heavy atom. The Hall–Kier alpha value is -2.23. The minimum atomic E-state index is 0.108. The van der Waals surface area contributed by atoms with Crippen LogP contribution in [-0.4, -0.2) is 24.9 Å². The minimum absolute atomic E-state index is 0.108. The Labute approximate surface area is 113 Å². The van der Waals surface area contributed by atoms with Gasteiger partial charge < -0.3 is 14.6 Å². The molecule has 0 spiro atoms. The Morgan fingerprint density at radius 3 is 2.53 bits per heavy atom. The summed E-state index contributed by atoms with van der Waals surface area (Å²) in [7, 11) is 3.53. The fourth-order valence-electron chi connectivity index (χ4n) is 1.68. The van der Waals surface area contributed by atoms with Crippen molar-refractivity contribution in [2.24, 2.45) is 0 Å². The molecule has 0 saturated carbocycles. The predicted octanol–water partition coefficient (Wildman–Crippen LogP) is 2.52. The highest BCUT2D eigenvalue weighted by molar-refractivity contribution is 5.78. The number of furan rings is 1. The standard InChI is InChI=1S/C15H18N2O2/c1-17(2)15(18)10-12-5-7-13(8-6-12)16-11-14-4-3-9-19-14/h3-9,16H,10-11H2,1-2H3. The summed E-state index contributed by atoms with van der Waals surface area (Å²) in [4.78, 5) is 13.2. The van der Waals surface area contributed by atoms with E-state index < -0.39 is 0 Å². The molecule has 4 heteroatoms. The van der Waals surface area contributed by atoms with Crippen LogP contribution in [0, 0.1) is 0 Å². The van der Waals surface area contributed by atoms with E-state index in [1.54, 1.807) is 25.3 Å². The lowest BCUT2D eigenvalue weighted by atomic mass is 10.1. The maximum Gasteiger partial charge on any atom is 0.226 e. The van der Waals surface area contributed by atoms with Crippen LogP contribution in [0.4, 0.5) is 5.69 Å². The Bertz CT molecular complexity index is 516. The molecule has 0 unspecified atom stereocenters. The Morgan fingerprint density at radius 1 is 1.21 bits per heavy atom. The normalized spacial score (nSPS) is 10.2. The molecule has 0 saturated heterocycles. The van der Waals surface area contributed by atoms with Crippen molar-refractivity contribution in [1.29, 1.82) is 0 Å². The fraction of sp³-hybridized carbons (Fsp3) is 0.267. The van der Waals surface area contributed by atoms with Crippen LogP contribution in [0.3, 0.4) is 0 Å². The van der Waals surface area contributed by atoms with E-state index in [4.69, 9.17) is 4.42 Å². The van der Waals surface area contributed by atoms with Gasteiger partial charge in [-0.2, -0.15) is 0 Å². The van der Waals surface area contributed by atoms with E-state index >= 15 is 0 Å². The molecule has 0 atom stereocenters. The van der Waals surface area contributed by atoms with E-state index in [1.807, 2.05) is 36.4 Å². The zero-order chi connectivity index (χ0) is 13.7. The summed E-state index contributed by atoms with van der Waals surface area (Å²) in [5.41, 5.74) is 2.03. The number of amides is 1. The van der Waals surface area contributed by atoms with E-state index in [1.165, 1.54) is 0 Å². The zero-order valence-electron chi connectivity index (χ0n) is 11.2. The second kappa shape index (κ2) is 6.09. The summed E-state index contributed by atoms with van der Waals surface area (Å²) in [6.45, 7) is 0.656. The molecule has 19 heavy (non-hydrogen) atoms. The van der Waals surface area contributed by atoms with Crippen LogP contribution in [0.15, 0.2) is 47.1 Å². The van der Waals surface area contributed by atoms with Gasteiger partial charge in [-0.05, 0) is 29.8 Å². The van der Waals surface area contributed by atoms with Gasteiger partial charge in [0.2, 0.25) is 5.91 Å². The first kappa shape index (κ1) is 13.2. The minimum Gasteiger partial charge on any atom is -0.467 e. The van der Waals surface area contributed by atoms with E-state index in [-0.39, 0.29) is 5.91 Å². The van der Waals surface area contributed by atoms with Crippen LogP contribution in [0.1, 0.15) is 11.3 Å². The number of nitrogens with one attached hydrogen (secondary N) is 1. The van der Waals surface area contributed by atoms with Gasteiger partial charge in [0.05, 0.1) is 19.2 Å². The summed E-state index contributed by atoms with van der Waals surface area (Å²) < 4.78 is 5.25. The first-order valence-electron chi connectivity index (χ1n) is 6.20. The van der Waals surface area contributed by atoms with Crippen molar-refractivity contribution in [2.45, 2.75) is 13.0 Å². The van der Waals surface area contributed by atoms with Crippen LogP contribution in [0.2, 0.25) is 0 Å². The van der Waals surface area contributed by atoms with E-state index in [0.717, 1.165) is 17.0 Å². The van der Waals surface area contributed by atoms with Gasteiger partial charge in [-0.3, -0.25) is 4.79 Å². The average molecular weight is 258 g/mol. The molecule has 2 rings (SSSR count). The molecule has 0 bridgehead atoms. The number of carbonyl (C=O) groups excluding carboxylic acids is 1. The smallest absolute Gasteiger partial charge is 0.226 e. The number of likely N-dealkylation sites (N-methyl/N-ethyl adjacent to an activating group) is 1.